The van der Waals surface area contributed by atoms with Gasteiger partial charge in [0.2, 0.25) is 0 Å². The highest BCUT2D eigenvalue weighted by atomic mass is 32.2. The van der Waals surface area contributed by atoms with Crippen molar-refractivity contribution in [2.24, 2.45) is 5.92 Å². The molecule has 0 saturated heterocycles. The van der Waals surface area contributed by atoms with Crippen molar-refractivity contribution in [2.45, 2.75) is 36.1 Å². The molecule has 1 aromatic rings. The van der Waals surface area contributed by atoms with E-state index in [1.807, 2.05) is 19.2 Å². The molecule has 0 aliphatic heterocycles. The summed E-state index contributed by atoms with van der Waals surface area (Å²) in [6.45, 7) is 4.44. The summed E-state index contributed by atoms with van der Waals surface area (Å²) in [7, 11) is -1.10. The molecule has 0 fully saturated rings. The van der Waals surface area contributed by atoms with Crippen molar-refractivity contribution in [1.82, 2.24) is 5.32 Å². The van der Waals surface area contributed by atoms with Crippen molar-refractivity contribution < 1.29 is 8.42 Å². The van der Waals surface area contributed by atoms with Crippen LogP contribution in [0.15, 0.2) is 34.1 Å². The monoisotopic (exact) mass is 301 g/mol. The van der Waals surface area contributed by atoms with E-state index in [9.17, 15) is 8.42 Å². The number of hydrogen-bond donors (Lipinski definition) is 1. The average molecular weight is 301 g/mol. The quantitative estimate of drug-likeness (QED) is 0.787. The van der Waals surface area contributed by atoms with E-state index in [-0.39, 0.29) is 0 Å². The van der Waals surface area contributed by atoms with Gasteiger partial charge in [0.05, 0.1) is 4.90 Å². The maximum Gasteiger partial charge on any atom is 0.175 e. The Morgan fingerprint density at radius 3 is 2.26 bits per heavy atom. The summed E-state index contributed by atoms with van der Waals surface area (Å²) in [5, 5.41) is 3.34. The highest BCUT2D eigenvalue weighted by Gasteiger charge is 2.14. The molecule has 19 heavy (non-hydrogen) atoms. The third kappa shape index (κ3) is 5.16. The van der Waals surface area contributed by atoms with Gasteiger partial charge in [-0.2, -0.15) is 0 Å². The maximum absolute atomic E-state index is 11.4. The second kappa shape index (κ2) is 7.31. The molecule has 5 heteroatoms. The van der Waals surface area contributed by atoms with E-state index in [1.165, 1.54) is 6.26 Å². The molecule has 0 bridgehead atoms. The van der Waals surface area contributed by atoms with Crippen LogP contribution in [0, 0.1) is 5.92 Å². The first-order valence-corrected chi connectivity index (χ1v) is 9.36. The predicted octanol–water partition coefficient (Wildman–Crippen LogP) is 2.82. The Bertz CT molecular complexity index is 483. The summed E-state index contributed by atoms with van der Waals surface area (Å²) in [5.74, 6) is 1.62. The van der Waals surface area contributed by atoms with Crippen LogP contribution in [-0.4, -0.2) is 33.5 Å². The fourth-order valence-corrected chi connectivity index (χ4v) is 3.61. The molecule has 0 aromatic heterocycles. The molecule has 0 amide bonds. The van der Waals surface area contributed by atoms with E-state index < -0.39 is 9.84 Å². The normalized spacial score (nSPS) is 15.2. The van der Waals surface area contributed by atoms with Crippen LogP contribution in [-0.2, 0) is 9.84 Å². The van der Waals surface area contributed by atoms with E-state index >= 15 is 0 Å². The molecule has 0 saturated carbocycles. The van der Waals surface area contributed by atoms with Gasteiger partial charge < -0.3 is 5.32 Å². The highest BCUT2D eigenvalue weighted by molar-refractivity contribution is 7.99. The molecular formula is C14H23NO2S2. The zero-order valence-corrected chi connectivity index (χ0v) is 13.6. The first-order chi connectivity index (χ1) is 8.88. The molecule has 1 aromatic carbocycles. The lowest BCUT2D eigenvalue weighted by molar-refractivity contribution is 0.420. The largest absolute Gasteiger partial charge is 0.316 e. The molecule has 1 rings (SSSR count). The number of sulfone groups is 1. The topological polar surface area (TPSA) is 46.2 Å². The number of rotatable bonds is 7. The smallest absolute Gasteiger partial charge is 0.175 e. The lowest BCUT2D eigenvalue weighted by Crippen LogP contribution is -2.34. The van der Waals surface area contributed by atoms with Crippen molar-refractivity contribution in [2.75, 3.05) is 19.1 Å². The Balaban J connectivity index is 2.64. The Labute approximate surface area is 121 Å². The minimum absolute atomic E-state index is 0.379. The molecule has 108 valence electrons. The van der Waals surface area contributed by atoms with Crippen molar-refractivity contribution >= 4 is 21.6 Å². The van der Waals surface area contributed by atoms with E-state index in [0.717, 1.165) is 17.1 Å². The summed E-state index contributed by atoms with van der Waals surface area (Å²) in [4.78, 5) is 1.49. The van der Waals surface area contributed by atoms with Crippen LogP contribution in [0.25, 0.3) is 0 Å². The molecule has 3 nitrogen and oxygen atoms in total. The van der Waals surface area contributed by atoms with Crippen molar-refractivity contribution in [3.8, 4) is 0 Å². The zero-order chi connectivity index (χ0) is 14.5. The zero-order valence-electron chi connectivity index (χ0n) is 12.0. The number of nitrogens with one attached hydrogen (secondary N) is 1. The molecule has 0 heterocycles. The van der Waals surface area contributed by atoms with Gasteiger partial charge in [0, 0.05) is 22.9 Å². The summed E-state index contributed by atoms with van der Waals surface area (Å²) < 4.78 is 22.7. The van der Waals surface area contributed by atoms with E-state index in [2.05, 4.69) is 19.2 Å². The number of thioether (sulfide) groups is 1. The minimum Gasteiger partial charge on any atom is -0.316 e. The summed E-state index contributed by atoms with van der Waals surface area (Å²) in [6.07, 6.45) is 2.38. The van der Waals surface area contributed by atoms with E-state index in [1.54, 1.807) is 23.9 Å². The second-order valence-electron chi connectivity index (χ2n) is 4.84. The van der Waals surface area contributed by atoms with Crippen LogP contribution >= 0.6 is 11.8 Å². The van der Waals surface area contributed by atoms with Gasteiger partial charge in [0.15, 0.2) is 9.84 Å². The molecule has 2 atom stereocenters. The SMILES string of the molecule is CCC(C)C(CSc1ccc(S(C)(=O)=O)cc1)NC. The van der Waals surface area contributed by atoms with E-state index in [0.29, 0.717) is 16.9 Å². The lowest BCUT2D eigenvalue weighted by atomic mass is 10.0. The van der Waals surface area contributed by atoms with Crippen molar-refractivity contribution in [3.63, 3.8) is 0 Å². The minimum atomic E-state index is -3.09. The second-order valence-corrected chi connectivity index (χ2v) is 7.94. The standard InChI is InChI=1S/C14H23NO2S2/c1-5-11(2)14(15-3)10-18-12-6-8-13(9-7-12)19(4,16)17/h6-9,11,14-15H,5,10H2,1-4H3. The van der Waals surface area contributed by atoms with Gasteiger partial charge in [-0.05, 0) is 37.2 Å². The first-order valence-electron chi connectivity index (χ1n) is 6.48. The lowest BCUT2D eigenvalue weighted by Gasteiger charge is -2.21. The Morgan fingerprint density at radius 2 is 1.84 bits per heavy atom. The van der Waals surface area contributed by atoms with Crippen LogP contribution in [0.5, 0.6) is 0 Å². The van der Waals surface area contributed by atoms with Crippen molar-refractivity contribution in [1.29, 1.82) is 0 Å². The van der Waals surface area contributed by atoms with Gasteiger partial charge in [-0.1, -0.05) is 20.3 Å². The van der Waals surface area contributed by atoms with E-state index in [4.69, 9.17) is 0 Å². The fourth-order valence-electron chi connectivity index (χ4n) is 1.79. The van der Waals surface area contributed by atoms with Crippen LogP contribution in [0.4, 0.5) is 0 Å². The molecule has 0 aliphatic carbocycles. The van der Waals surface area contributed by atoms with Gasteiger partial charge >= 0.3 is 0 Å². The average Bonchev–Trinajstić information content (AvgIpc) is 2.38. The molecule has 1 N–H and O–H groups in total. The van der Waals surface area contributed by atoms with Gasteiger partial charge in [0.1, 0.15) is 0 Å². The predicted molar refractivity (Wildman–Crippen MR) is 82.6 cm³/mol. The molecule has 0 aliphatic rings. The van der Waals surface area contributed by atoms with Gasteiger partial charge in [-0.3, -0.25) is 0 Å². The summed E-state index contributed by atoms with van der Waals surface area (Å²) in [5.41, 5.74) is 0. The maximum atomic E-state index is 11.4. The molecule has 0 radical (unpaired) electrons. The fraction of sp³-hybridized carbons (Fsp3) is 0.571. The van der Waals surface area contributed by atoms with Crippen LogP contribution in [0.3, 0.4) is 0 Å². The van der Waals surface area contributed by atoms with Crippen LogP contribution in [0.2, 0.25) is 0 Å². The van der Waals surface area contributed by atoms with Gasteiger partial charge in [-0.15, -0.1) is 11.8 Å². The summed E-state index contributed by atoms with van der Waals surface area (Å²) in [6, 6.07) is 7.59. The number of benzene rings is 1. The highest BCUT2D eigenvalue weighted by Crippen LogP contribution is 2.23. The van der Waals surface area contributed by atoms with Crippen LogP contribution in [0.1, 0.15) is 20.3 Å². The van der Waals surface area contributed by atoms with Crippen molar-refractivity contribution in [3.05, 3.63) is 24.3 Å². The summed E-state index contributed by atoms with van der Waals surface area (Å²) >= 11 is 1.76. The first kappa shape index (κ1) is 16.5. The Morgan fingerprint density at radius 1 is 1.26 bits per heavy atom. The number of hydrogen-bond acceptors (Lipinski definition) is 4. The molecular weight excluding hydrogens is 278 g/mol. The third-order valence-electron chi connectivity index (χ3n) is 3.38. The van der Waals surface area contributed by atoms with Gasteiger partial charge in [-0.25, -0.2) is 8.42 Å². The third-order valence-corrected chi connectivity index (χ3v) is 5.64. The Hall–Kier alpha value is -0.520. The molecule has 2 unspecified atom stereocenters. The van der Waals surface area contributed by atoms with Gasteiger partial charge in [0.25, 0.3) is 0 Å². The molecule has 0 spiro atoms. The Kier molecular flexibility index (Phi) is 6.36. The van der Waals surface area contributed by atoms with Crippen LogP contribution < -0.4 is 5.32 Å².